The number of nitro groups is 1. The Hall–Kier alpha value is -2.64. The number of nitrogens with one attached hydrogen (secondary N) is 1. The average molecular weight is 401 g/mol. The van der Waals surface area contributed by atoms with E-state index in [9.17, 15) is 14.9 Å². The Kier molecular flexibility index (Phi) is 5.19. The van der Waals surface area contributed by atoms with Gasteiger partial charge in [-0.1, -0.05) is 0 Å². The number of ether oxygens (including phenoxy) is 2. The lowest BCUT2D eigenvalue weighted by Gasteiger charge is -2.56. The molecule has 29 heavy (non-hydrogen) atoms. The fourth-order valence-corrected chi connectivity index (χ4v) is 6.21. The van der Waals surface area contributed by atoms with Gasteiger partial charge in [-0.3, -0.25) is 14.9 Å². The van der Waals surface area contributed by atoms with E-state index in [1.165, 1.54) is 51.8 Å². The number of hydrogen-bond donors (Lipinski definition) is 1. The Morgan fingerprint density at radius 2 is 1.72 bits per heavy atom. The summed E-state index contributed by atoms with van der Waals surface area (Å²) in [6, 6.07) is 2.77. The van der Waals surface area contributed by atoms with E-state index in [2.05, 4.69) is 10.5 Å². The molecule has 0 heterocycles. The Balaban J connectivity index is 1.44. The second-order valence-corrected chi connectivity index (χ2v) is 8.91. The van der Waals surface area contributed by atoms with Crippen molar-refractivity contribution in [3.05, 3.63) is 27.8 Å². The van der Waals surface area contributed by atoms with Gasteiger partial charge < -0.3 is 9.47 Å². The largest absolute Gasteiger partial charge is 0.493 e. The van der Waals surface area contributed by atoms with E-state index in [0.717, 1.165) is 37.0 Å². The molecule has 1 amide bonds. The maximum atomic E-state index is 12.6. The Bertz CT molecular complexity index is 816. The van der Waals surface area contributed by atoms with Crippen LogP contribution in [0, 0.1) is 33.3 Å². The molecule has 0 saturated heterocycles. The summed E-state index contributed by atoms with van der Waals surface area (Å²) in [6.07, 6.45) is 9.23. The van der Waals surface area contributed by atoms with Crippen molar-refractivity contribution in [3.8, 4) is 11.5 Å². The summed E-state index contributed by atoms with van der Waals surface area (Å²) in [5.74, 6) is 2.86. The molecule has 1 aromatic rings. The molecule has 0 radical (unpaired) electrons. The Morgan fingerprint density at radius 1 is 1.17 bits per heavy atom. The van der Waals surface area contributed by atoms with Gasteiger partial charge in [0.25, 0.3) is 5.69 Å². The number of benzene rings is 1. The van der Waals surface area contributed by atoms with Crippen LogP contribution >= 0.6 is 0 Å². The van der Waals surface area contributed by atoms with Crippen LogP contribution in [0.1, 0.15) is 50.5 Å². The molecule has 4 bridgehead atoms. The highest BCUT2D eigenvalue weighted by atomic mass is 16.6. The molecule has 1 N–H and O–H groups in total. The highest BCUT2D eigenvalue weighted by Crippen LogP contribution is 2.61. The molecule has 0 unspecified atom stereocenters. The standard InChI is InChI=1S/C21H27N3O5/c1-28-18-6-16(17(24(26)27)7-19(18)29-2)12-22-23-20(25)11-21-8-13-3-14(9-21)5-15(4-13)10-21/h6-7,12-15H,3-5,8-11H2,1-2H3,(H,23,25)/b22-12-. The number of carbonyl (C=O) groups is 1. The van der Waals surface area contributed by atoms with Gasteiger partial charge in [0.05, 0.1) is 37.0 Å². The molecule has 5 rings (SSSR count). The summed E-state index contributed by atoms with van der Waals surface area (Å²) in [7, 11) is 2.87. The van der Waals surface area contributed by atoms with Crippen molar-refractivity contribution >= 4 is 17.8 Å². The van der Waals surface area contributed by atoms with Gasteiger partial charge in [-0.05, 0) is 67.8 Å². The van der Waals surface area contributed by atoms with Crippen LogP contribution in [0.3, 0.4) is 0 Å². The third-order valence-corrected chi connectivity index (χ3v) is 6.82. The van der Waals surface area contributed by atoms with Gasteiger partial charge in [-0.15, -0.1) is 0 Å². The first-order valence-electron chi connectivity index (χ1n) is 10.1. The number of methoxy groups -OCH3 is 2. The third kappa shape index (κ3) is 3.93. The molecule has 8 nitrogen and oxygen atoms in total. The molecule has 1 aromatic carbocycles. The monoisotopic (exact) mass is 401 g/mol. The number of nitrogens with zero attached hydrogens (tertiary/aromatic N) is 2. The van der Waals surface area contributed by atoms with Crippen LogP contribution in [-0.4, -0.2) is 31.3 Å². The fourth-order valence-electron chi connectivity index (χ4n) is 6.21. The number of nitro benzene ring substituents is 1. The summed E-state index contributed by atoms with van der Waals surface area (Å²) < 4.78 is 10.3. The van der Waals surface area contributed by atoms with E-state index in [4.69, 9.17) is 9.47 Å². The number of hydrazone groups is 1. The zero-order valence-electron chi connectivity index (χ0n) is 16.8. The van der Waals surface area contributed by atoms with E-state index in [-0.39, 0.29) is 28.3 Å². The number of rotatable bonds is 7. The lowest BCUT2D eigenvalue weighted by atomic mass is 9.49. The van der Waals surface area contributed by atoms with Crippen molar-refractivity contribution in [1.82, 2.24) is 5.43 Å². The van der Waals surface area contributed by atoms with Gasteiger partial charge >= 0.3 is 0 Å². The van der Waals surface area contributed by atoms with E-state index >= 15 is 0 Å². The van der Waals surface area contributed by atoms with Gasteiger partial charge in [0.15, 0.2) is 11.5 Å². The van der Waals surface area contributed by atoms with Gasteiger partial charge in [-0.2, -0.15) is 5.10 Å². The van der Waals surface area contributed by atoms with Crippen molar-refractivity contribution in [2.75, 3.05) is 14.2 Å². The van der Waals surface area contributed by atoms with E-state index in [1.807, 2.05) is 0 Å². The molecule has 4 aliphatic carbocycles. The van der Waals surface area contributed by atoms with Crippen LogP contribution in [0.4, 0.5) is 5.69 Å². The summed E-state index contributed by atoms with van der Waals surface area (Å²) in [4.78, 5) is 23.4. The summed E-state index contributed by atoms with van der Waals surface area (Å²) in [5.41, 5.74) is 2.78. The normalized spacial score (nSPS) is 29.8. The van der Waals surface area contributed by atoms with Gasteiger partial charge in [0, 0.05) is 6.42 Å². The average Bonchev–Trinajstić information content (AvgIpc) is 2.65. The highest BCUT2D eigenvalue weighted by Gasteiger charge is 2.51. The third-order valence-electron chi connectivity index (χ3n) is 6.82. The summed E-state index contributed by atoms with van der Waals surface area (Å²) in [6.45, 7) is 0. The predicted octanol–water partition coefficient (Wildman–Crippen LogP) is 3.67. The first-order chi connectivity index (χ1) is 13.9. The molecule has 0 atom stereocenters. The minimum absolute atomic E-state index is 0.119. The van der Waals surface area contributed by atoms with Crippen LogP contribution in [0.2, 0.25) is 0 Å². The van der Waals surface area contributed by atoms with Crippen molar-refractivity contribution in [2.45, 2.75) is 44.9 Å². The molecule has 0 spiro atoms. The zero-order valence-corrected chi connectivity index (χ0v) is 16.8. The molecule has 0 aliphatic heterocycles. The first kappa shape index (κ1) is 19.7. The van der Waals surface area contributed by atoms with Gasteiger partial charge in [-0.25, -0.2) is 5.43 Å². The van der Waals surface area contributed by atoms with Crippen LogP contribution in [0.5, 0.6) is 11.5 Å². The smallest absolute Gasteiger partial charge is 0.282 e. The lowest BCUT2D eigenvalue weighted by Crippen LogP contribution is -2.47. The zero-order chi connectivity index (χ0) is 20.6. The maximum Gasteiger partial charge on any atom is 0.282 e. The van der Waals surface area contributed by atoms with Crippen molar-refractivity contribution < 1.29 is 19.2 Å². The Labute approximate surface area is 169 Å². The molecule has 4 fully saturated rings. The first-order valence-corrected chi connectivity index (χ1v) is 10.1. The van der Waals surface area contributed by atoms with E-state index in [1.54, 1.807) is 0 Å². The van der Waals surface area contributed by atoms with Gasteiger partial charge in [0.2, 0.25) is 5.91 Å². The number of amides is 1. The van der Waals surface area contributed by atoms with E-state index in [0.29, 0.717) is 12.2 Å². The topological polar surface area (TPSA) is 103 Å². The second-order valence-electron chi connectivity index (χ2n) is 8.91. The molecular weight excluding hydrogens is 374 g/mol. The Morgan fingerprint density at radius 3 is 2.24 bits per heavy atom. The molecule has 0 aromatic heterocycles. The van der Waals surface area contributed by atoms with Crippen molar-refractivity contribution in [2.24, 2.45) is 28.3 Å². The summed E-state index contributed by atoms with van der Waals surface area (Å²) >= 11 is 0. The quantitative estimate of drug-likeness (QED) is 0.427. The van der Waals surface area contributed by atoms with Crippen molar-refractivity contribution in [1.29, 1.82) is 0 Å². The number of carbonyl (C=O) groups excluding carboxylic acids is 1. The SMILES string of the molecule is COc1cc(/C=N\NC(=O)CC23CC4CC(CC(C4)C2)C3)c([N+](=O)[O-])cc1OC. The van der Waals surface area contributed by atoms with Crippen LogP contribution in [0.25, 0.3) is 0 Å². The second kappa shape index (κ2) is 7.65. The van der Waals surface area contributed by atoms with Crippen molar-refractivity contribution in [3.63, 3.8) is 0 Å². The van der Waals surface area contributed by atoms with Gasteiger partial charge in [0.1, 0.15) is 0 Å². The maximum absolute atomic E-state index is 12.6. The molecule has 4 aliphatic rings. The fraction of sp³-hybridized carbons (Fsp3) is 0.619. The number of hydrogen-bond acceptors (Lipinski definition) is 6. The lowest BCUT2D eigenvalue weighted by molar-refractivity contribution is -0.385. The highest BCUT2D eigenvalue weighted by molar-refractivity contribution is 5.88. The molecule has 4 saturated carbocycles. The van der Waals surface area contributed by atoms with Crippen LogP contribution < -0.4 is 14.9 Å². The molecular formula is C21H27N3O5. The minimum Gasteiger partial charge on any atom is -0.493 e. The van der Waals surface area contributed by atoms with Crippen LogP contribution in [0.15, 0.2) is 17.2 Å². The predicted molar refractivity (Wildman–Crippen MR) is 107 cm³/mol. The van der Waals surface area contributed by atoms with Crippen LogP contribution in [-0.2, 0) is 4.79 Å². The summed E-state index contributed by atoms with van der Waals surface area (Å²) in [5, 5.41) is 15.4. The molecule has 8 heteroatoms. The molecule has 156 valence electrons. The minimum atomic E-state index is -0.513. The van der Waals surface area contributed by atoms with E-state index < -0.39 is 4.92 Å².